The van der Waals surface area contributed by atoms with E-state index in [1.165, 1.54) is 6.42 Å². The summed E-state index contributed by atoms with van der Waals surface area (Å²) < 4.78 is 5.44. The maximum atomic E-state index is 11.6. The minimum absolute atomic E-state index is 0.0637. The molecule has 0 atom stereocenters. The van der Waals surface area contributed by atoms with Gasteiger partial charge in [-0.2, -0.15) is 0 Å². The average Bonchev–Trinajstić information content (AvgIpc) is 2.32. The lowest BCUT2D eigenvalue weighted by Crippen LogP contribution is -2.46. The Hall–Kier alpha value is -0.610. The van der Waals surface area contributed by atoms with Crippen LogP contribution in [0.3, 0.4) is 0 Å². The summed E-state index contributed by atoms with van der Waals surface area (Å²) in [4.78, 5) is 11.6. The van der Waals surface area contributed by atoms with Crippen molar-refractivity contribution >= 4 is 5.91 Å². The van der Waals surface area contributed by atoms with Gasteiger partial charge in [-0.15, -0.1) is 0 Å². The lowest BCUT2D eigenvalue weighted by molar-refractivity contribution is -0.121. The van der Waals surface area contributed by atoms with E-state index < -0.39 is 0 Å². The molecule has 0 aliphatic rings. The van der Waals surface area contributed by atoms with Crippen molar-refractivity contribution in [2.75, 3.05) is 26.3 Å². The minimum Gasteiger partial charge on any atom is -0.381 e. The molecule has 0 aromatic heterocycles. The van der Waals surface area contributed by atoms with Crippen LogP contribution in [-0.2, 0) is 9.53 Å². The first-order valence-electron chi connectivity index (χ1n) is 7.11. The van der Waals surface area contributed by atoms with E-state index in [0.717, 1.165) is 39.0 Å². The smallest absolute Gasteiger partial charge is 0.234 e. The van der Waals surface area contributed by atoms with E-state index in [1.54, 1.807) is 0 Å². The Morgan fingerprint density at radius 1 is 1.17 bits per heavy atom. The minimum atomic E-state index is -0.109. The van der Waals surface area contributed by atoms with Crippen molar-refractivity contribution in [1.82, 2.24) is 10.6 Å². The van der Waals surface area contributed by atoms with Crippen LogP contribution < -0.4 is 10.6 Å². The number of unbranched alkanes of at least 4 members (excludes halogenated alkanes) is 1. The summed E-state index contributed by atoms with van der Waals surface area (Å²) in [6, 6.07) is 0. The Kier molecular flexibility index (Phi) is 9.98. The maximum Gasteiger partial charge on any atom is 0.234 e. The zero-order valence-corrected chi connectivity index (χ0v) is 12.5. The van der Waals surface area contributed by atoms with Crippen molar-refractivity contribution in [3.05, 3.63) is 0 Å². The molecular weight excluding hydrogens is 228 g/mol. The van der Waals surface area contributed by atoms with Crippen LogP contribution in [-0.4, -0.2) is 37.7 Å². The number of carbonyl (C=O) groups is 1. The zero-order chi connectivity index (χ0) is 13.9. The monoisotopic (exact) mass is 258 g/mol. The predicted octanol–water partition coefficient (Wildman–Crippen LogP) is 2.09. The molecule has 4 nitrogen and oxygen atoms in total. The average molecular weight is 258 g/mol. The molecule has 0 spiro atoms. The van der Waals surface area contributed by atoms with E-state index in [4.69, 9.17) is 4.74 Å². The Morgan fingerprint density at radius 2 is 1.83 bits per heavy atom. The van der Waals surface area contributed by atoms with E-state index in [2.05, 4.69) is 24.5 Å². The van der Waals surface area contributed by atoms with Crippen molar-refractivity contribution in [3.63, 3.8) is 0 Å². The largest absolute Gasteiger partial charge is 0.381 e. The normalized spacial score (nSPS) is 11.6. The number of ether oxygens (including phenoxy) is 1. The molecule has 0 unspecified atom stereocenters. The van der Waals surface area contributed by atoms with Crippen molar-refractivity contribution in [3.8, 4) is 0 Å². The molecule has 2 N–H and O–H groups in total. The fourth-order valence-electron chi connectivity index (χ4n) is 1.36. The van der Waals surface area contributed by atoms with Crippen LogP contribution in [0.4, 0.5) is 0 Å². The highest BCUT2D eigenvalue weighted by atomic mass is 16.5. The second-order valence-corrected chi connectivity index (χ2v) is 5.28. The number of hydrogen-bond acceptors (Lipinski definition) is 3. The van der Waals surface area contributed by atoms with Gasteiger partial charge in [-0.1, -0.05) is 20.3 Å². The first-order valence-corrected chi connectivity index (χ1v) is 7.11. The highest BCUT2D eigenvalue weighted by Gasteiger charge is 2.16. The van der Waals surface area contributed by atoms with Crippen LogP contribution in [0.15, 0.2) is 0 Å². The predicted molar refractivity (Wildman–Crippen MR) is 75.7 cm³/mol. The van der Waals surface area contributed by atoms with Gasteiger partial charge in [0.05, 0.1) is 6.54 Å². The molecule has 0 radical (unpaired) electrons. The van der Waals surface area contributed by atoms with Gasteiger partial charge in [0.2, 0.25) is 5.91 Å². The third-order valence-corrected chi connectivity index (χ3v) is 2.93. The summed E-state index contributed by atoms with van der Waals surface area (Å²) in [5, 5.41) is 6.12. The SMILES string of the molecule is CCCCOCCCNCC(=O)NC(C)(C)CC. The molecule has 0 heterocycles. The van der Waals surface area contributed by atoms with E-state index >= 15 is 0 Å². The van der Waals surface area contributed by atoms with Crippen molar-refractivity contribution in [1.29, 1.82) is 0 Å². The van der Waals surface area contributed by atoms with E-state index in [-0.39, 0.29) is 11.4 Å². The second-order valence-electron chi connectivity index (χ2n) is 5.28. The summed E-state index contributed by atoms with van der Waals surface area (Å²) in [7, 11) is 0. The van der Waals surface area contributed by atoms with Gasteiger partial charge in [-0.05, 0) is 39.7 Å². The van der Waals surface area contributed by atoms with Gasteiger partial charge >= 0.3 is 0 Å². The molecule has 0 bridgehead atoms. The topological polar surface area (TPSA) is 50.4 Å². The van der Waals surface area contributed by atoms with Crippen LogP contribution in [0.1, 0.15) is 53.4 Å². The quantitative estimate of drug-likeness (QED) is 0.558. The molecule has 0 aliphatic heterocycles. The summed E-state index contributed by atoms with van der Waals surface area (Å²) in [6.45, 7) is 11.1. The first-order chi connectivity index (χ1) is 8.52. The van der Waals surface area contributed by atoms with E-state index in [9.17, 15) is 4.79 Å². The molecule has 18 heavy (non-hydrogen) atoms. The Bertz CT molecular complexity index is 218. The van der Waals surface area contributed by atoms with Gasteiger partial charge in [0.1, 0.15) is 0 Å². The van der Waals surface area contributed by atoms with Crippen LogP contribution in [0.2, 0.25) is 0 Å². The standard InChI is InChI=1S/C14H30N2O2/c1-5-7-10-18-11-8-9-15-12-13(17)16-14(3,4)6-2/h15H,5-12H2,1-4H3,(H,16,17). The summed E-state index contributed by atoms with van der Waals surface area (Å²) in [5.41, 5.74) is -0.109. The fourth-order valence-corrected chi connectivity index (χ4v) is 1.36. The molecule has 0 saturated carbocycles. The van der Waals surface area contributed by atoms with Crippen molar-refractivity contribution in [2.45, 2.75) is 58.9 Å². The van der Waals surface area contributed by atoms with E-state index in [1.807, 2.05) is 13.8 Å². The molecule has 0 saturated heterocycles. The summed E-state index contributed by atoms with van der Waals surface area (Å²) >= 11 is 0. The van der Waals surface area contributed by atoms with Gasteiger partial charge < -0.3 is 15.4 Å². The first kappa shape index (κ1) is 17.4. The number of amides is 1. The molecule has 0 aromatic carbocycles. The zero-order valence-electron chi connectivity index (χ0n) is 12.5. The molecule has 1 amide bonds. The third kappa shape index (κ3) is 10.5. The molecule has 0 aliphatic carbocycles. The Labute approximate surface area is 112 Å². The second kappa shape index (κ2) is 10.3. The highest BCUT2D eigenvalue weighted by molar-refractivity contribution is 5.78. The van der Waals surface area contributed by atoms with Crippen LogP contribution in [0.5, 0.6) is 0 Å². The highest BCUT2D eigenvalue weighted by Crippen LogP contribution is 2.05. The third-order valence-electron chi connectivity index (χ3n) is 2.93. The number of hydrogen-bond donors (Lipinski definition) is 2. The lowest BCUT2D eigenvalue weighted by atomic mass is 10.0. The van der Waals surface area contributed by atoms with Crippen LogP contribution >= 0.6 is 0 Å². The molecule has 4 heteroatoms. The van der Waals surface area contributed by atoms with E-state index in [0.29, 0.717) is 6.54 Å². The summed E-state index contributed by atoms with van der Waals surface area (Å²) in [6.07, 6.45) is 4.19. The summed E-state index contributed by atoms with van der Waals surface area (Å²) in [5.74, 6) is 0.0637. The maximum absolute atomic E-state index is 11.6. The van der Waals surface area contributed by atoms with Crippen molar-refractivity contribution in [2.24, 2.45) is 0 Å². The van der Waals surface area contributed by atoms with Gasteiger partial charge in [-0.25, -0.2) is 0 Å². The molecular formula is C14H30N2O2. The van der Waals surface area contributed by atoms with Gasteiger partial charge in [0, 0.05) is 18.8 Å². The molecule has 108 valence electrons. The number of nitrogens with one attached hydrogen (secondary N) is 2. The van der Waals surface area contributed by atoms with Gasteiger partial charge in [0.25, 0.3) is 0 Å². The Morgan fingerprint density at radius 3 is 2.44 bits per heavy atom. The molecule has 0 fully saturated rings. The lowest BCUT2D eigenvalue weighted by Gasteiger charge is -2.24. The van der Waals surface area contributed by atoms with Crippen LogP contribution in [0, 0.1) is 0 Å². The number of carbonyl (C=O) groups excluding carboxylic acids is 1. The fraction of sp³-hybridized carbons (Fsp3) is 0.929. The van der Waals surface area contributed by atoms with Gasteiger partial charge in [0.15, 0.2) is 0 Å². The molecule has 0 aromatic rings. The van der Waals surface area contributed by atoms with Crippen LogP contribution in [0.25, 0.3) is 0 Å². The van der Waals surface area contributed by atoms with Crippen molar-refractivity contribution < 1.29 is 9.53 Å². The number of rotatable bonds is 11. The van der Waals surface area contributed by atoms with Gasteiger partial charge in [-0.3, -0.25) is 4.79 Å². The molecule has 0 rings (SSSR count). The Balaban J connectivity index is 3.36.